The molecular formula is C13H13ClN4. The molecule has 18 heavy (non-hydrogen) atoms. The van der Waals surface area contributed by atoms with Crippen LogP contribution in [0.25, 0.3) is 0 Å². The minimum absolute atomic E-state index is 0.529. The van der Waals surface area contributed by atoms with Gasteiger partial charge < -0.3 is 9.88 Å². The summed E-state index contributed by atoms with van der Waals surface area (Å²) >= 11 is 5.92. The van der Waals surface area contributed by atoms with Gasteiger partial charge in [-0.25, -0.2) is 4.98 Å². The summed E-state index contributed by atoms with van der Waals surface area (Å²) in [4.78, 5) is 4.19. The molecule has 4 nitrogen and oxygen atoms in total. The van der Waals surface area contributed by atoms with Gasteiger partial charge in [-0.3, -0.25) is 0 Å². The van der Waals surface area contributed by atoms with Crippen LogP contribution in [0, 0.1) is 18.3 Å². The van der Waals surface area contributed by atoms with Gasteiger partial charge in [0.1, 0.15) is 17.0 Å². The van der Waals surface area contributed by atoms with Crippen molar-refractivity contribution in [2.24, 2.45) is 7.05 Å². The Hall–Kier alpha value is -1.99. The van der Waals surface area contributed by atoms with E-state index >= 15 is 0 Å². The van der Waals surface area contributed by atoms with E-state index < -0.39 is 0 Å². The average Bonchev–Trinajstić information content (AvgIpc) is 2.68. The lowest BCUT2D eigenvalue weighted by molar-refractivity contribution is 0.813. The van der Waals surface area contributed by atoms with E-state index in [-0.39, 0.29) is 0 Å². The van der Waals surface area contributed by atoms with Gasteiger partial charge in [0.05, 0.1) is 24.0 Å². The zero-order valence-electron chi connectivity index (χ0n) is 10.2. The van der Waals surface area contributed by atoms with E-state index in [2.05, 4.69) is 16.4 Å². The first kappa shape index (κ1) is 12.5. The number of nitriles is 1. The summed E-state index contributed by atoms with van der Waals surface area (Å²) in [6.07, 6.45) is 1.61. The van der Waals surface area contributed by atoms with E-state index in [1.807, 2.05) is 32.2 Å². The maximum Gasteiger partial charge on any atom is 0.128 e. The number of aryl methyl sites for hydroxylation is 1. The highest BCUT2D eigenvalue weighted by molar-refractivity contribution is 6.29. The maximum atomic E-state index is 9.12. The molecule has 1 aromatic heterocycles. The van der Waals surface area contributed by atoms with Crippen LogP contribution in [-0.4, -0.2) is 9.55 Å². The van der Waals surface area contributed by atoms with Crippen molar-refractivity contribution in [3.63, 3.8) is 0 Å². The Labute approximate surface area is 111 Å². The van der Waals surface area contributed by atoms with Gasteiger partial charge >= 0.3 is 0 Å². The number of imidazole rings is 1. The third-order valence-corrected chi connectivity index (χ3v) is 3.20. The molecule has 0 saturated carbocycles. The van der Waals surface area contributed by atoms with Crippen LogP contribution >= 0.6 is 11.6 Å². The molecule has 1 N–H and O–H groups in total. The fourth-order valence-corrected chi connectivity index (χ4v) is 1.87. The standard InChI is InChI=1S/C13H13ClN4/c1-9-4-3-5-11(10(9)6-15)16-8-13-17-7-12(14)18(13)2/h3-5,7,16H,8H2,1-2H3. The van der Waals surface area contributed by atoms with Gasteiger partial charge in [0.25, 0.3) is 0 Å². The Bertz CT molecular complexity index is 610. The van der Waals surface area contributed by atoms with Crippen molar-refractivity contribution in [2.45, 2.75) is 13.5 Å². The number of anilines is 1. The first-order valence-corrected chi connectivity index (χ1v) is 5.91. The summed E-state index contributed by atoms with van der Waals surface area (Å²) in [5.74, 6) is 0.824. The SMILES string of the molecule is Cc1cccc(NCc2ncc(Cl)n2C)c1C#N. The van der Waals surface area contributed by atoms with Crippen molar-refractivity contribution in [3.05, 3.63) is 46.5 Å². The lowest BCUT2D eigenvalue weighted by atomic mass is 10.1. The molecule has 2 rings (SSSR count). The maximum absolute atomic E-state index is 9.12. The largest absolute Gasteiger partial charge is 0.377 e. The molecule has 1 aromatic carbocycles. The predicted molar refractivity (Wildman–Crippen MR) is 71.4 cm³/mol. The Kier molecular flexibility index (Phi) is 3.54. The van der Waals surface area contributed by atoms with Crippen LogP contribution in [0.15, 0.2) is 24.4 Å². The number of rotatable bonds is 3. The third-order valence-electron chi connectivity index (χ3n) is 2.85. The molecule has 0 saturated heterocycles. The lowest BCUT2D eigenvalue weighted by Gasteiger charge is -2.09. The molecule has 0 unspecified atom stereocenters. The van der Waals surface area contributed by atoms with Crippen molar-refractivity contribution in [2.75, 3.05) is 5.32 Å². The Morgan fingerprint density at radius 2 is 2.28 bits per heavy atom. The number of benzene rings is 1. The number of aromatic nitrogens is 2. The molecule has 0 amide bonds. The fraction of sp³-hybridized carbons (Fsp3) is 0.231. The predicted octanol–water partition coefficient (Wildman–Crippen LogP) is 2.87. The topological polar surface area (TPSA) is 53.6 Å². The summed E-state index contributed by atoms with van der Waals surface area (Å²) in [5.41, 5.74) is 2.44. The van der Waals surface area contributed by atoms with Crippen molar-refractivity contribution in [3.8, 4) is 6.07 Å². The summed E-state index contributed by atoms with van der Waals surface area (Å²) in [6.45, 7) is 2.45. The van der Waals surface area contributed by atoms with Gasteiger partial charge in [-0.05, 0) is 18.6 Å². The van der Waals surface area contributed by atoms with Crippen LogP contribution in [0.4, 0.5) is 5.69 Å². The Morgan fingerprint density at radius 1 is 1.50 bits per heavy atom. The van der Waals surface area contributed by atoms with Gasteiger partial charge in [0, 0.05) is 7.05 Å². The van der Waals surface area contributed by atoms with E-state index in [9.17, 15) is 0 Å². The third kappa shape index (κ3) is 2.31. The normalized spacial score (nSPS) is 10.1. The molecule has 0 aliphatic heterocycles. The number of hydrogen-bond donors (Lipinski definition) is 1. The smallest absolute Gasteiger partial charge is 0.128 e. The van der Waals surface area contributed by atoms with Gasteiger partial charge in [-0.1, -0.05) is 23.7 Å². The van der Waals surface area contributed by atoms with Gasteiger partial charge in [-0.15, -0.1) is 0 Å². The number of hydrogen-bond acceptors (Lipinski definition) is 3. The molecule has 2 aromatic rings. The Balaban J connectivity index is 2.19. The van der Waals surface area contributed by atoms with E-state index in [1.54, 1.807) is 10.8 Å². The van der Waals surface area contributed by atoms with Gasteiger partial charge in [-0.2, -0.15) is 5.26 Å². The number of halogens is 1. The van der Waals surface area contributed by atoms with E-state index in [0.29, 0.717) is 17.3 Å². The summed E-state index contributed by atoms with van der Waals surface area (Å²) < 4.78 is 1.80. The highest BCUT2D eigenvalue weighted by Gasteiger charge is 2.07. The number of nitrogens with zero attached hydrogens (tertiary/aromatic N) is 3. The molecule has 0 bridgehead atoms. The van der Waals surface area contributed by atoms with Gasteiger partial charge in [0.2, 0.25) is 0 Å². The summed E-state index contributed by atoms with van der Waals surface area (Å²) in [7, 11) is 1.85. The van der Waals surface area contributed by atoms with E-state index in [4.69, 9.17) is 16.9 Å². The molecule has 1 heterocycles. The number of nitrogens with one attached hydrogen (secondary N) is 1. The van der Waals surface area contributed by atoms with Crippen molar-refractivity contribution >= 4 is 17.3 Å². The molecule has 92 valence electrons. The lowest BCUT2D eigenvalue weighted by Crippen LogP contribution is -2.07. The zero-order valence-corrected chi connectivity index (χ0v) is 11.0. The minimum Gasteiger partial charge on any atom is -0.377 e. The van der Waals surface area contributed by atoms with Crippen molar-refractivity contribution in [1.29, 1.82) is 5.26 Å². The Morgan fingerprint density at radius 3 is 2.89 bits per heavy atom. The zero-order chi connectivity index (χ0) is 13.1. The van der Waals surface area contributed by atoms with Crippen LogP contribution in [0.2, 0.25) is 5.15 Å². The molecule has 0 aliphatic rings. The van der Waals surface area contributed by atoms with Crippen LogP contribution < -0.4 is 5.32 Å². The van der Waals surface area contributed by atoms with Crippen molar-refractivity contribution in [1.82, 2.24) is 9.55 Å². The molecule has 0 fully saturated rings. The first-order chi connectivity index (χ1) is 8.63. The first-order valence-electron chi connectivity index (χ1n) is 5.53. The average molecular weight is 261 g/mol. The highest BCUT2D eigenvalue weighted by atomic mass is 35.5. The molecule has 5 heteroatoms. The van der Waals surface area contributed by atoms with Crippen LogP contribution in [0.3, 0.4) is 0 Å². The van der Waals surface area contributed by atoms with Crippen LogP contribution in [0.1, 0.15) is 17.0 Å². The molecule has 0 spiro atoms. The molecule has 0 radical (unpaired) electrons. The second kappa shape index (κ2) is 5.11. The second-order valence-electron chi connectivity index (χ2n) is 4.02. The van der Waals surface area contributed by atoms with Crippen molar-refractivity contribution < 1.29 is 0 Å². The summed E-state index contributed by atoms with van der Waals surface area (Å²) in [6, 6.07) is 7.93. The minimum atomic E-state index is 0.529. The quantitative estimate of drug-likeness (QED) is 0.923. The molecular weight excluding hydrogens is 248 g/mol. The fourth-order valence-electron chi connectivity index (χ4n) is 1.73. The van der Waals surface area contributed by atoms with E-state index in [1.165, 1.54) is 0 Å². The van der Waals surface area contributed by atoms with Gasteiger partial charge in [0.15, 0.2) is 0 Å². The van der Waals surface area contributed by atoms with Crippen LogP contribution in [-0.2, 0) is 13.6 Å². The molecule has 0 aliphatic carbocycles. The second-order valence-corrected chi connectivity index (χ2v) is 4.41. The monoisotopic (exact) mass is 260 g/mol. The summed E-state index contributed by atoms with van der Waals surface area (Å²) in [5, 5.41) is 12.9. The van der Waals surface area contributed by atoms with E-state index in [0.717, 1.165) is 17.1 Å². The highest BCUT2D eigenvalue weighted by Crippen LogP contribution is 2.19. The molecule has 0 atom stereocenters. The van der Waals surface area contributed by atoms with Crippen LogP contribution in [0.5, 0.6) is 0 Å².